The van der Waals surface area contributed by atoms with Crippen molar-refractivity contribution in [2.45, 2.75) is 31.9 Å². The molecule has 5 heteroatoms. The van der Waals surface area contributed by atoms with E-state index in [9.17, 15) is 14.7 Å². The average molecular weight is 248 g/mol. The third-order valence-electron chi connectivity index (χ3n) is 2.98. The number of rotatable bonds is 3. The Labute approximate surface area is 105 Å². The highest BCUT2D eigenvalue weighted by Gasteiger charge is 2.27. The predicted octanol–water partition coefficient (Wildman–Crippen LogP) is 0.957. The molecule has 1 aliphatic rings. The molecule has 5 nitrogen and oxygen atoms in total. The van der Waals surface area contributed by atoms with Crippen LogP contribution in [0, 0.1) is 0 Å². The van der Waals surface area contributed by atoms with Crippen LogP contribution in [-0.4, -0.2) is 23.0 Å². The minimum Gasteiger partial charge on any atom is -0.389 e. The number of amides is 2. The van der Waals surface area contributed by atoms with E-state index in [0.29, 0.717) is 24.1 Å². The smallest absolute Gasteiger partial charge is 0.246 e. The quantitative estimate of drug-likeness (QED) is 0.745. The fourth-order valence-corrected chi connectivity index (χ4v) is 2.01. The second-order valence-corrected chi connectivity index (χ2v) is 4.41. The minimum atomic E-state index is -0.653. The first-order valence-electron chi connectivity index (χ1n) is 5.95. The van der Waals surface area contributed by atoms with E-state index in [4.69, 9.17) is 0 Å². The molecule has 2 amide bonds. The molecule has 0 aliphatic carbocycles. The van der Waals surface area contributed by atoms with Crippen LogP contribution < -0.4 is 10.6 Å². The normalized spacial score (nSPS) is 20.3. The van der Waals surface area contributed by atoms with E-state index in [-0.39, 0.29) is 11.8 Å². The predicted molar refractivity (Wildman–Crippen MR) is 66.9 cm³/mol. The highest BCUT2D eigenvalue weighted by atomic mass is 16.3. The van der Waals surface area contributed by atoms with Crippen molar-refractivity contribution < 1.29 is 14.7 Å². The summed E-state index contributed by atoms with van der Waals surface area (Å²) in [6, 6.07) is 6.60. The van der Waals surface area contributed by atoms with Gasteiger partial charge in [0, 0.05) is 17.7 Å². The van der Waals surface area contributed by atoms with Gasteiger partial charge in [-0.1, -0.05) is 18.2 Å². The van der Waals surface area contributed by atoms with Crippen LogP contribution in [-0.2, 0) is 9.59 Å². The first-order chi connectivity index (χ1) is 8.58. The van der Waals surface area contributed by atoms with Crippen LogP contribution in [0.3, 0.4) is 0 Å². The molecule has 18 heavy (non-hydrogen) atoms. The van der Waals surface area contributed by atoms with Crippen LogP contribution >= 0.6 is 0 Å². The zero-order chi connectivity index (χ0) is 13.1. The number of nitrogens with one attached hydrogen (secondary N) is 2. The number of hydrogen-bond acceptors (Lipinski definition) is 3. The molecule has 1 heterocycles. The molecule has 1 aromatic carbocycles. The van der Waals surface area contributed by atoms with Gasteiger partial charge < -0.3 is 15.7 Å². The summed E-state index contributed by atoms with van der Waals surface area (Å²) in [5.41, 5.74) is 1.24. The summed E-state index contributed by atoms with van der Waals surface area (Å²) in [4.78, 5) is 23.0. The van der Waals surface area contributed by atoms with Crippen LogP contribution in [0.25, 0.3) is 0 Å². The molecule has 0 bridgehead atoms. The molecular weight excluding hydrogens is 232 g/mol. The molecule has 1 saturated heterocycles. The Kier molecular flexibility index (Phi) is 3.62. The zero-order valence-corrected chi connectivity index (χ0v) is 10.1. The number of benzene rings is 1. The SMILES string of the molecule is CC(O)c1ccccc1NC(=O)C1CCC(=O)N1. The molecule has 0 aromatic heterocycles. The number of para-hydroxylation sites is 1. The van der Waals surface area contributed by atoms with E-state index < -0.39 is 12.1 Å². The van der Waals surface area contributed by atoms with Crippen molar-refractivity contribution in [3.8, 4) is 0 Å². The van der Waals surface area contributed by atoms with E-state index >= 15 is 0 Å². The summed E-state index contributed by atoms with van der Waals surface area (Å²) in [5.74, 6) is -0.340. The summed E-state index contributed by atoms with van der Waals surface area (Å²) in [7, 11) is 0. The number of hydrogen-bond donors (Lipinski definition) is 3. The molecule has 96 valence electrons. The van der Waals surface area contributed by atoms with Crippen LogP contribution in [0.4, 0.5) is 5.69 Å². The van der Waals surface area contributed by atoms with Crippen molar-refractivity contribution in [3.63, 3.8) is 0 Å². The van der Waals surface area contributed by atoms with Crippen LogP contribution in [0.15, 0.2) is 24.3 Å². The van der Waals surface area contributed by atoms with Crippen molar-refractivity contribution in [1.29, 1.82) is 0 Å². The Morgan fingerprint density at radius 1 is 1.50 bits per heavy atom. The van der Waals surface area contributed by atoms with Gasteiger partial charge in [-0.05, 0) is 19.4 Å². The first kappa shape index (κ1) is 12.6. The standard InChI is InChI=1S/C13H16N2O3/c1-8(16)9-4-2-3-5-10(9)15-13(18)11-6-7-12(17)14-11/h2-5,8,11,16H,6-7H2,1H3,(H,14,17)(H,15,18). The Morgan fingerprint density at radius 3 is 2.83 bits per heavy atom. The van der Waals surface area contributed by atoms with Gasteiger partial charge in [-0.3, -0.25) is 9.59 Å². The van der Waals surface area contributed by atoms with Crippen LogP contribution in [0.2, 0.25) is 0 Å². The molecule has 2 unspecified atom stereocenters. The van der Waals surface area contributed by atoms with Gasteiger partial charge in [0.2, 0.25) is 11.8 Å². The lowest BCUT2D eigenvalue weighted by Crippen LogP contribution is -2.37. The Morgan fingerprint density at radius 2 is 2.22 bits per heavy atom. The molecule has 1 aromatic rings. The number of anilines is 1. The summed E-state index contributed by atoms with van der Waals surface area (Å²) >= 11 is 0. The van der Waals surface area contributed by atoms with Crippen molar-refractivity contribution in [3.05, 3.63) is 29.8 Å². The molecule has 0 saturated carbocycles. The van der Waals surface area contributed by atoms with E-state index in [1.807, 2.05) is 0 Å². The van der Waals surface area contributed by atoms with E-state index in [1.165, 1.54) is 0 Å². The maximum absolute atomic E-state index is 11.9. The molecule has 2 rings (SSSR count). The van der Waals surface area contributed by atoms with Crippen molar-refractivity contribution >= 4 is 17.5 Å². The lowest BCUT2D eigenvalue weighted by molar-refractivity contribution is -0.122. The van der Waals surface area contributed by atoms with Crippen molar-refractivity contribution in [2.24, 2.45) is 0 Å². The summed E-state index contributed by atoms with van der Waals surface area (Å²) in [6.45, 7) is 1.64. The second kappa shape index (κ2) is 5.18. The van der Waals surface area contributed by atoms with E-state index in [0.717, 1.165) is 0 Å². The molecule has 0 spiro atoms. The molecule has 2 atom stereocenters. The summed E-state index contributed by atoms with van der Waals surface area (Å²) in [5, 5.41) is 15.0. The largest absolute Gasteiger partial charge is 0.389 e. The number of aliphatic hydroxyl groups is 1. The number of carbonyl (C=O) groups is 2. The summed E-state index contributed by atoms with van der Waals surface area (Å²) < 4.78 is 0. The molecule has 3 N–H and O–H groups in total. The Hall–Kier alpha value is -1.88. The molecule has 1 aliphatic heterocycles. The third kappa shape index (κ3) is 2.68. The highest BCUT2D eigenvalue weighted by Crippen LogP contribution is 2.22. The van der Waals surface area contributed by atoms with Gasteiger partial charge in [-0.15, -0.1) is 0 Å². The topological polar surface area (TPSA) is 78.4 Å². The first-order valence-corrected chi connectivity index (χ1v) is 5.95. The highest BCUT2D eigenvalue weighted by molar-refractivity contribution is 5.99. The fraction of sp³-hybridized carbons (Fsp3) is 0.385. The van der Waals surface area contributed by atoms with Gasteiger partial charge >= 0.3 is 0 Å². The van der Waals surface area contributed by atoms with Crippen LogP contribution in [0.5, 0.6) is 0 Å². The lowest BCUT2D eigenvalue weighted by Gasteiger charge is -2.15. The minimum absolute atomic E-state index is 0.0982. The molecular formula is C13H16N2O3. The molecule has 1 fully saturated rings. The number of aliphatic hydroxyl groups excluding tert-OH is 1. The summed E-state index contributed by atoms with van der Waals surface area (Å²) in [6.07, 6.45) is 0.247. The van der Waals surface area contributed by atoms with Gasteiger partial charge in [0.25, 0.3) is 0 Å². The van der Waals surface area contributed by atoms with E-state index in [2.05, 4.69) is 10.6 Å². The molecule has 0 radical (unpaired) electrons. The van der Waals surface area contributed by atoms with Crippen molar-refractivity contribution in [2.75, 3.05) is 5.32 Å². The van der Waals surface area contributed by atoms with Crippen molar-refractivity contribution in [1.82, 2.24) is 5.32 Å². The van der Waals surface area contributed by atoms with E-state index in [1.54, 1.807) is 31.2 Å². The maximum Gasteiger partial charge on any atom is 0.246 e. The monoisotopic (exact) mass is 248 g/mol. The van der Waals surface area contributed by atoms with Gasteiger partial charge in [-0.25, -0.2) is 0 Å². The maximum atomic E-state index is 11.9. The third-order valence-corrected chi connectivity index (χ3v) is 2.98. The van der Waals surface area contributed by atoms with Gasteiger partial charge in [0.15, 0.2) is 0 Å². The van der Waals surface area contributed by atoms with Gasteiger partial charge in [0.05, 0.1) is 6.10 Å². The number of carbonyl (C=O) groups excluding carboxylic acids is 2. The van der Waals surface area contributed by atoms with Gasteiger partial charge in [-0.2, -0.15) is 0 Å². The fourth-order valence-electron chi connectivity index (χ4n) is 2.01. The lowest BCUT2D eigenvalue weighted by atomic mass is 10.1. The Bertz CT molecular complexity index is 471. The van der Waals surface area contributed by atoms with Crippen LogP contribution in [0.1, 0.15) is 31.4 Å². The van der Waals surface area contributed by atoms with Gasteiger partial charge in [0.1, 0.15) is 6.04 Å². The Balaban J connectivity index is 2.09. The average Bonchev–Trinajstić information content (AvgIpc) is 2.76. The second-order valence-electron chi connectivity index (χ2n) is 4.41. The zero-order valence-electron chi connectivity index (χ0n) is 10.1.